The van der Waals surface area contributed by atoms with Gasteiger partial charge in [0.05, 0.1) is 24.6 Å². The normalized spacial score (nSPS) is 21.5. The number of likely N-dealkylation sites (N-methyl/N-ethyl adjacent to an activating group) is 1. The van der Waals surface area contributed by atoms with Crippen LogP contribution in [0.2, 0.25) is 0 Å². The van der Waals surface area contributed by atoms with Gasteiger partial charge in [-0.25, -0.2) is 4.79 Å². The number of benzodiazepines with no additional fused rings is 1. The highest BCUT2D eigenvalue weighted by Gasteiger charge is 2.37. The van der Waals surface area contributed by atoms with Gasteiger partial charge in [0.25, 0.3) is 5.91 Å². The van der Waals surface area contributed by atoms with Crippen LogP contribution in [0, 0.1) is 5.92 Å². The molecule has 1 atom stereocenters. The molecule has 1 aliphatic carbocycles. The van der Waals surface area contributed by atoms with E-state index in [9.17, 15) is 9.59 Å². The Labute approximate surface area is 219 Å². The molecule has 0 bridgehead atoms. The summed E-state index contributed by atoms with van der Waals surface area (Å²) in [6.45, 7) is 3.90. The van der Waals surface area contributed by atoms with Gasteiger partial charge in [-0.3, -0.25) is 19.6 Å². The monoisotopic (exact) mass is 503 g/mol. The predicted octanol–water partition coefficient (Wildman–Crippen LogP) is 4.17. The van der Waals surface area contributed by atoms with E-state index in [0.29, 0.717) is 5.69 Å². The number of hydrogen-bond donors (Lipinski definition) is 1. The van der Waals surface area contributed by atoms with Crippen LogP contribution in [0.25, 0.3) is 0 Å². The van der Waals surface area contributed by atoms with Gasteiger partial charge in [0.15, 0.2) is 0 Å². The number of hydrogen-bond acceptors (Lipinski definition) is 5. The van der Waals surface area contributed by atoms with Gasteiger partial charge in [0.1, 0.15) is 0 Å². The summed E-state index contributed by atoms with van der Waals surface area (Å²) >= 11 is 0. The maximum absolute atomic E-state index is 13.9. The van der Waals surface area contributed by atoms with Crippen molar-refractivity contribution >= 4 is 29.0 Å². The molecule has 2 heterocycles. The number of nitrogens with two attached hydrogens (primary N) is 1. The Morgan fingerprint density at radius 2 is 1.78 bits per heavy atom. The summed E-state index contributed by atoms with van der Waals surface area (Å²) in [6, 6.07) is 15.0. The minimum absolute atomic E-state index is 0.243. The van der Waals surface area contributed by atoms with Crippen LogP contribution >= 0.6 is 0 Å². The first-order valence-electron chi connectivity index (χ1n) is 13.5. The zero-order valence-corrected chi connectivity index (χ0v) is 21.6. The van der Waals surface area contributed by atoms with Gasteiger partial charge < -0.3 is 15.4 Å². The highest BCUT2D eigenvalue weighted by molar-refractivity contribution is 6.15. The van der Waals surface area contributed by atoms with Crippen molar-refractivity contribution in [3.63, 3.8) is 0 Å². The molecule has 2 aromatic rings. The van der Waals surface area contributed by atoms with E-state index in [0.717, 1.165) is 81.1 Å². The minimum Gasteiger partial charge on any atom is -0.379 e. The fourth-order valence-corrected chi connectivity index (χ4v) is 5.79. The largest absolute Gasteiger partial charge is 0.379 e. The average molecular weight is 504 g/mol. The van der Waals surface area contributed by atoms with Gasteiger partial charge in [-0.1, -0.05) is 56.0 Å². The molecule has 8 heteroatoms. The van der Waals surface area contributed by atoms with E-state index >= 15 is 0 Å². The van der Waals surface area contributed by atoms with Crippen LogP contribution in [0.4, 0.5) is 16.2 Å². The van der Waals surface area contributed by atoms with Crippen molar-refractivity contribution < 1.29 is 14.3 Å². The molecule has 2 aliphatic heterocycles. The lowest BCUT2D eigenvalue weighted by atomic mass is 9.89. The molecule has 1 saturated heterocycles. The number of amides is 3. The summed E-state index contributed by atoms with van der Waals surface area (Å²) in [6.07, 6.45) is 5.72. The number of para-hydroxylation sites is 1. The number of primary amides is 1. The molecule has 0 spiro atoms. The number of urea groups is 1. The third-order valence-corrected chi connectivity index (χ3v) is 7.78. The molecule has 2 fully saturated rings. The van der Waals surface area contributed by atoms with E-state index in [4.69, 9.17) is 15.5 Å². The lowest BCUT2D eigenvalue weighted by Gasteiger charge is -2.30. The summed E-state index contributed by atoms with van der Waals surface area (Å²) in [5.74, 6) is -0.0266. The molecular weight excluding hydrogens is 466 g/mol. The number of fused-ring (bicyclic) bond motifs is 1. The van der Waals surface area contributed by atoms with Gasteiger partial charge in [-0.15, -0.1) is 0 Å². The molecule has 37 heavy (non-hydrogen) atoms. The third-order valence-electron chi connectivity index (χ3n) is 7.78. The summed E-state index contributed by atoms with van der Waals surface area (Å²) in [5, 5.41) is 0. The van der Waals surface area contributed by atoms with E-state index in [1.807, 2.05) is 48.5 Å². The molecule has 196 valence electrons. The van der Waals surface area contributed by atoms with Gasteiger partial charge in [0, 0.05) is 43.9 Å². The molecule has 0 aromatic heterocycles. The summed E-state index contributed by atoms with van der Waals surface area (Å²) in [4.78, 5) is 37.2. The van der Waals surface area contributed by atoms with Crippen molar-refractivity contribution in [1.29, 1.82) is 0 Å². The van der Waals surface area contributed by atoms with Gasteiger partial charge in [0.2, 0.25) is 6.17 Å². The SMILES string of the molecule is CN1C(=O)[C@@H](N(C(N)=O)c2cccc(CN3CCOCC3)c2)N=C(C2CCCCCC2)c2ccccc21. The number of carbonyl (C=O) groups is 2. The minimum atomic E-state index is -1.06. The number of rotatable bonds is 5. The van der Waals surface area contributed by atoms with Crippen molar-refractivity contribution in [3.05, 3.63) is 59.7 Å². The predicted molar refractivity (Wildman–Crippen MR) is 146 cm³/mol. The average Bonchev–Trinajstić information content (AvgIpc) is 3.24. The van der Waals surface area contributed by atoms with Crippen molar-refractivity contribution in [2.75, 3.05) is 43.2 Å². The van der Waals surface area contributed by atoms with Crippen LogP contribution in [0.15, 0.2) is 53.5 Å². The smallest absolute Gasteiger partial charge is 0.321 e. The highest BCUT2D eigenvalue weighted by Crippen LogP contribution is 2.34. The topological polar surface area (TPSA) is 91.5 Å². The van der Waals surface area contributed by atoms with Crippen molar-refractivity contribution in [3.8, 4) is 0 Å². The molecule has 1 saturated carbocycles. The van der Waals surface area contributed by atoms with E-state index in [1.165, 1.54) is 17.7 Å². The zero-order valence-electron chi connectivity index (χ0n) is 21.6. The molecule has 3 amide bonds. The number of carbonyl (C=O) groups excluding carboxylic acids is 2. The molecule has 2 N–H and O–H groups in total. The molecule has 5 rings (SSSR count). The molecular formula is C29H37N5O3. The first-order valence-corrected chi connectivity index (χ1v) is 13.5. The highest BCUT2D eigenvalue weighted by atomic mass is 16.5. The Bertz CT molecular complexity index is 1150. The number of morpholine rings is 1. The molecule has 8 nitrogen and oxygen atoms in total. The van der Waals surface area contributed by atoms with Crippen molar-refractivity contribution in [2.24, 2.45) is 16.6 Å². The van der Waals surface area contributed by atoms with E-state index in [2.05, 4.69) is 4.90 Å². The van der Waals surface area contributed by atoms with Crippen LogP contribution in [0.1, 0.15) is 49.7 Å². The summed E-state index contributed by atoms with van der Waals surface area (Å²) in [5.41, 5.74) is 10.3. The standard InChI is InChI=1S/C29H37N5O3/c1-32-25-14-7-6-13-24(25)26(22-10-4-2-3-5-11-22)31-27(28(32)35)34(29(30)36)23-12-8-9-21(19-23)20-33-15-17-37-18-16-33/h6-9,12-14,19,22,27H,2-5,10-11,15-18,20H2,1H3,(H2,30,36)/t27-/m1/s1. The fourth-order valence-electron chi connectivity index (χ4n) is 5.79. The van der Waals surface area contributed by atoms with Gasteiger partial charge in [-0.2, -0.15) is 0 Å². The third kappa shape index (κ3) is 5.55. The Balaban J connectivity index is 1.54. The second-order valence-corrected chi connectivity index (χ2v) is 10.3. The lowest BCUT2D eigenvalue weighted by Crippen LogP contribution is -2.51. The first-order chi connectivity index (χ1) is 18.0. The number of aliphatic imine (C=N–C) groups is 1. The van der Waals surface area contributed by atoms with E-state index in [1.54, 1.807) is 11.9 Å². The van der Waals surface area contributed by atoms with Crippen molar-refractivity contribution in [2.45, 2.75) is 51.2 Å². The number of benzene rings is 2. The van der Waals surface area contributed by atoms with E-state index < -0.39 is 12.2 Å². The molecule has 0 unspecified atom stereocenters. The molecule has 2 aromatic carbocycles. The maximum Gasteiger partial charge on any atom is 0.321 e. The summed E-state index contributed by atoms with van der Waals surface area (Å²) < 4.78 is 5.47. The number of ether oxygens (including phenoxy) is 1. The summed E-state index contributed by atoms with van der Waals surface area (Å²) in [7, 11) is 1.76. The number of nitrogens with zero attached hydrogens (tertiary/aromatic N) is 4. The van der Waals surface area contributed by atoms with E-state index in [-0.39, 0.29) is 11.8 Å². The lowest BCUT2D eigenvalue weighted by molar-refractivity contribution is -0.119. The molecule has 3 aliphatic rings. The second-order valence-electron chi connectivity index (χ2n) is 10.3. The van der Waals surface area contributed by atoms with Crippen LogP contribution in [-0.2, 0) is 16.1 Å². The zero-order chi connectivity index (χ0) is 25.8. The Morgan fingerprint density at radius 3 is 2.51 bits per heavy atom. The Morgan fingerprint density at radius 1 is 1.05 bits per heavy atom. The van der Waals surface area contributed by atoms with Crippen LogP contribution < -0.4 is 15.5 Å². The molecule has 0 radical (unpaired) electrons. The number of anilines is 2. The Hall–Kier alpha value is -3.23. The van der Waals surface area contributed by atoms with Crippen molar-refractivity contribution in [1.82, 2.24) is 4.90 Å². The Kier molecular flexibility index (Phi) is 7.86. The first kappa shape index (κ1) is 25.4. The second kappa shape index (κ2) is 11.4. The van der Waals surface area contributed by atoms with Gasteiger partial charge >= 0.3 is 6.03 Å². The van der Waals surface area contributed by atoms with Crippen LogP contribution in [0.3, 0.4) is 0 Å². The van der Waals surface area contributed by atoms with Gasteiger partial charge in [-0.05, 0) is 36.6 Å². The van der Waals surface area contributed by atoms with Crippen LogP contribution in [0.5, 0.6) is 0 Å². The fraction of sp³-hybridized carbons (Fsp3) is 0.483. The maximum atomic E-state index is 13.9. The quantitative estimate of drug-likeness (QED) is 0.620. The van der Waals surface area contributed by atoms with Crippen LogP contribution in [-0.4, -0.2) is 62.1 Å².